The first kappa shape index (κ1) is 13.7. The number of halogens is 2. The topological polar surface area (TPSA) is 55.1 Å². The summed E-state index contributed by atoms with van der Waals surface area (Å²) in [6.45, 7) is 0. The summed E-state index contributed by atoms with van der Waals surface area (Å²) in [7, 11) is 0. The molecule has 98 valence electrons. The summed E-state index contributed by atoms with van der Waals surface area (Å²) in [5.41, 5.74) is 7.57. The molecular formula is C14H12Cl2N2O. The zero-order valence-electron chi connectivity index (χ0n) is 9.99. The number of carbonyl (C=O) groups excluding carboxylic acids is 1. The summed E-state index contributed by atoms with van der Waals surface area (Å²) < 4.78 is 0. The van der Waals surface area contributed by atoms with Crippen LogP contribution in [-0.2, 0) is 11.2 Å². The van der Waals surface area contributed by atoms with Crippen LogP contribution in [0.4, 0.5) is 11.4 Å². The van der Waals surface area contributed by atoms with Crippen molar-refractivity contribution in [2.24, 2.45) is 0 Å². The second kappa shape index (κ2) is 5.95. The fourth-order valence-corrected chi connectivity index (χ4v) is 1.99. The van der Waals surface area contributed by atoms with Crippen LogP contribution in [0.25, 0.3) is 0 Å². The van der Waals surface area contributed by atoms with E-state index in [1.54, 1.807) is 30.3 Å². The molecule has 0 aliphatic carbocycles. The Morgan fingerprint density at radius 3 is 2.63 bits per heavy atom. The minimum Gasteiger partial charge on any atom is -0.397 e. The van der Waals surface area contributed by atoms with E-state index in [-0.39, 0.29) is 12.3 Å². The van der Waals surface area contributed by atoms with Crippen LogP contribution in [0.1, 0.15) is 5.56 Å². The molecule has 5 heteroatoms. The van der Waals surface area contributed by atoms with Crippen molar-refractivity contribution in [2.45, 2.75) is 6.42 Å². The average molecular weight is 295 g/mol. The number of rotatable bonds is 3. The standard InChI is InChI=1S/C14H12Cl2N2O/c15-10-3-1-2-9(6-10)7-14(19)18-11-4-5-12(16)13(17)8-11/h1-6,8H,7,17H2,(H,18,19). The largest absolute Gasteiger partial charge is 0.397 e. The van der Waals surface area contributed by atoms with Crippen LogP contribution in [0.15, 0.2) is 42.5 Å². The third-order valence-electron chi connectivity index (χ3n) is 2.53. The van der Waals surface area contributed by atoms with E-state index >= 15 is 0 Å². The van der Waals surface area contributed by atoms with E-state index < -0.39 is 0 Å². The number of nitrogens with two attached hydrogens (primary N) is 1. The Balaban J connectivity index is 2.03. The van der Waals surface area contributed by atoms with E-state index in [9.17, 15) is 4.79 Å². The fraction of sp³-hybridized carbons (Fsp3) is 0.0714. The van der Waals surface area contributed by atoms with Crippen molar-refractivity contribution in [1.29, 1.82) is 0 Å². The van der Waals surface area contributed by atoms with Gasteiger partial charge in [-0.25, -0.2) is 0 Å². The Labute approximate surface area is 121 Å². The zero-order chi connectivity index (χ0) is 13.8. The Morgan fingerprint density at radius 1 is 1.16 bits per heavy atom. The Morgan fingerprint density at radius 2 is 1.95 bits per heavy atom. The molecule has 0 fully saturated rings. The number of hydrogen-bond donors (Lipinski definition) is 2. The molecule has 0 radical (unpaired) electrons. The summed E-state index contributed by atoms with van der Waals surface area (Å²) in [6.07, 6.45) is 0.253. The van der Waals surface area contributed by atoms with Gasteiger partial charge in [0.15, 0.2) is 0 Å². The second-order valence-electron chi connectivity index (χ2n) is 4.09. The molecule has 0 saturated heterocycles. The van der Waals surface area contributed by atoms with Crippen molar-refractivity contribution in [3.8, 4) is 0 Å². The number of carbonyl (C=O) groups is 1. The van der Waals surface area contributed by atoms with Crippen LogP contribution in [0.3, 0.4) is 0 Å². The summed E-state index contributed by atoms with van der Waals surface area (Å²) in [4.78, 5) is 11.9. The van der Waals surface area contributed by atoms with Crippen LogP contribution in [-0.4, -0.2) is 5.91 Å². The van der Waals surface area contributed by atoms with Gasteiger partial charge in [-0.2, -0.15) is 0 Å². The molecule has 1 amide bonds. The van der Waals surface area contributed by atoms with Crippen molar-refractivity contribution in [2.75, 3.05) is 11.1 Å². The van der Waals surface area contributed by atoms with Gasteiger partial charge in [0, 0.05) is 10.7 Å². The number of hydrogen-bond acceptors (Lipinski definition) is 2. The van der Waals surface area contributed by atoms with E-state index in [1.165, 1.54) is 0 Å². The van der Waals surface area contributed by atoms with Gasteiger partial charge in [-0.15, -0.1) is 0 Å². The lowest BCUT2D eigenvalue weighted by Crippen LogP contribution is -2.14. The molecule has 2 aromatic rings. The SMILES string of the molecule is Nc1cc(NC(=O)Cc2cccc(Cl)c2)ccc1Cl. The molecule has 0 aliphatic heterocycles. The molecule has 2 rings (SSSR count). The van der Waals surface area contributed by atoms with Gasteiger partial charge in [-0.3, -0.25) is 4.79 Å². The highest BCUT2D eigenvalue weighted by Gasteiger charge is 2.06. The van der Waals surface area contributed by atoms with E-state index in [4.69, 9.17) is 28.9 Å². The van der Waals surface area contributed by atoms with Crippen LogP contribution in [0, 0.1) is 0 Å². The van der Waals surface area contributed by atoms with Crippen molar-refractivity contribution in [1.82, 2.24) is 0 Å². The highest BCUT2D eigenvalue weighted by molar-refractivity contribution is 6.33. The first-order valence-corrected chi connectivity index (χ1v) is 6.39. The molecule has 0 spiro atoms. The normalized spacial score (nSPS) is 10.2. The van der Waals surface area contributed by atoms with Crippen molar-refractivity contribution in [3.63, 3.8) is 0 Å². The average Bonchev–Trinajstić information content (AvgIpc) is 2.34. The van der Waals surface area contributed by atoms with E-state index in [2.05, 4.69) is 5.32 Å². The molecule has 0 atom stereocenters. The molecular weight excluding hydrogens is 283 g/mol. The maximum atomic E-state index is 11.9. The lowest BCUT2D eigenvalue weighted by molar-refractivity contribution is -0.115. The number of nitrogen functional groups attached to an aromatic ring is 1. The van der Waals surface area contributed by atoms with Crippen molar-refractivity contribution >= 4 is 40.5 Å². The van der Waals surface area contributed by atoms with Gasteiger partial charge in [0.1, 0.15) is 0 Å². The predicted octanol–water partition coefficient (Wildman–Crippen LogP) is 3.76. The minimum atomic E-state index is -0.135. The number of nitrogens with one attached hydrogen (secondary N) is 1. The number of amides is 1. The molecule has 0 aromatic heterocycles. The Bertz CT molecular complexity index is 614. The molecule has 2 aromatic carbocycles. The van der Waals surface area contributed by atoms with Gasteiger partial charge in [-0.05, 0) is 35.9 Å². The summed E-state index contributed by atoms with van der Waals surface area (Å²) >= 11 is 11.7. The lowest BCUT2D eigenvalue weighted by Gasteiger charge is -2.07. The van der Waals surface area contributed by atoms with E-state index in [1.807, 2.05) is 12.1 Å². The summed E-state index contributed by atoms with van der Waals surface area (Å²) in [6, 6.07) is 12.2. The van der Waals surface area contributed by atoms with Gasteiger partial charge in [0.2, 0.25) is 5.91 Å². The van der Waals surface area contributed by atoms with Crippen molar-refractivity contribution < 1.29 is 4.79 Å². The van der Waals surface area contributed by atoms with Gasteiger partial charge < -0.3 is 11.1 Å². The van der Waals surface area contributed by atoms with Gasteiger partial charge in [0.25, 0.3) is 0 Å². The monoisotopic (exact) mass is 294 g/mol. The molecule has 0 unspecified atom stereocenters. The first-order chi connectivity index (χ1) is 9.04. The Hall–Kier alpha value is -1.71. The van der Waals surface area contributed by atoms with Crippen LogP contribution in [0.5, 0.6) is 0 Å². The quantitative estimate of drug-likeness (QED) is 0.847. The van der Waals surface area contributed by atoms with Crippen molar-refractivity contribution in [3.05, 3.63) is 58.1 Å². The molecule has 3 N–H and O–H groups in total. The predicted molar refractivity (Wildman–Crippen MR) is 79.7 cm³/mol. The fourth-order valence-electron chi connectivity index (χ4n) is 1.66. The zero-order valence-corrected chi connectivity index (χ0v) is 11.5. The number of anilines is 2. The molecule has 19 heavy (non-hydrogen) atoms. The maximum absolute atomic E-state index is 11.9. The van der Waals surface area contributed by atoms with Crippen LogP contribution in [0.2, 0.25) is 10.0 Å². The molecule has 0 heterocycles. The second-order valence-corrected chi connectivity index (χ2v) is 4.93. The lowest BCUT2D eigenvalue weighted by atomic mass is 10.1. The molecule has 3 nitrogen and oxygen atoms in total. The van der Waals surface area contributed by atoms with E-state index in [0.717, 1.165) is 5.56 Å². The first-order valence-electron chi connectivity index (χ1n) is 5.64. The van der Waals surface area contributed by atoms with Gasteiger partial charge in [0.05, 0.1) is 17.1 Å². The van der Waals surface area contributed by atoms with Crippen LogP contribution >= 0.6 is 23.2 Å². The highest BCUT2D eigenvalue weighted by Crippen LogP contribution is 2.22. The third kappa shape index (κ3) is 3.88. The summed E-state index contributed by atoms with van der Waals surface area (Å²) in [5, 5.41) is 3.83. The smallest absolute Gasteiger partial charge is 0.228 e. The molecule has 0 saturated carbocycles. The van der Waals surface area contributed by atoms with E-state index in [0.29, 0.717) is 21.4 Å². The number of benzene rings is 2. The van der Waals surface area contributed by atoms with Gasteiger partial charge in [-0.1, -0.05) is 35.3 Å². The Kier molecular flexibility index (Phi) is 4.30. The third-order valence-corrected chi connectivity index (χ3v) is 3.11. The molecule has 0 bridgehead atoms. The molecule has 0 aliphatic rings. The maximum Gasteiger partial charge on any atom is 0.228 e. The highest BCUT2D eigenvalue weighted by atomic mass is 35.5. The minimum absolute atomic E-state index is 0.135. The summed E-state index contributed by atoms with van der Waals surface area (Å²) in [5.74, 6) is -0.135. The van der Waals surface area contributed by atoms with Gasteiger partial charge >= 0.3 is 0 Å². The van der Waals surface area contributed by atoms with Crippen LogP contribution < -0.4 is 11.1 Å².